The van der Waals surface area contributed by atoms with E-state index in [0.717, 1.165) is 5.56 Å². The Hall–Kier alpha value is -3.02. The molecule has 0 heterocycles. The van der Waals surface area contributed by atoms with E-state index in [1.165, 1.54) is 29.8 Å². The molecule has 130 valence electrons. The van der Waals surface area contributed by atoms with Crippen LogP contribution in [-0.4, -0.2) is 16.5 Å². The molecule has 1 N–H and O–H groups in total. The predicted molar refractivity (Wildman–Crippen MR) is 97.9 cm³/mol. The number of amides is 1. The Morgan fingerprint density at radius 3 is 2.28 bits per heavy atom. The van der Waals surface area contributed by atoms with Gasteiger partial charge in [-0.15, -0.1) is 0 Å². The van der Waals surface area contributed by atoms with Gasteiger partial charge in [-0.25, -0.2) is 5.43 Å². The zero-order valence-electron chi connectivity index (χ0n) is 14.7. The van der Waals surface area contributed by atoms with Gasteiger partial charge in [0, 0.05) is 17.7 Å². The lowest BCUT2D eigenvalue weighted by atomic mass is 9.86. The highest BCUT2D eigenvalue weighted by atomic mass is 16.6. The van der Waals surface area contributed by atoms with Crippen LogP contribution in [0.2, 0.25) is 0 Å². The van der Waals surface area contributed by atoms with Gasteiger partial charge in [-0.1, -0.05) is 51.1 Å². The number of benzene rings is 2. The number of nitro benzene ring substituents is 1. The number of non-ortho nitro benzene ring substituents is 1. The van der Waals surface area contributed by atoms with E-state index < -0.39 is 10.8 Å². The molecule has 0 aliphatic rings. The van der Waals surface area contributed by atoms with Gasteiger partial charge in [-0.05, 0) is 29.5 Å². The monoisotopic (exact) mass is 339 g/mol. The molecule has 2 aromatic rings. The minimum absolute atomic E-state index is 0.0693. The van der Waals surface area contributed by atoms with Gasteiger partial charge in [-0.2, -0.15) is 5.10 Å². The fourth-order valence-electron chi connectivity index (χ4n) is 2.24. The highest BCUT2D eigenvalue weighted by molar-refractivity contribution is 6.01. The Morgan fingerprint density at radius 2 is 1.72 bits per heavy atom. The van der Waals surface area contributed by atoms with Crippen LogP contribution in [0.3, 0.4) is 0 Å². The van der Waals surface area contributed by atoms with Crippen LogP contribution >= 0.6 is 0 Å². The van der Waals surface area contributed by atoms with Crippen molar-refractivity contribution in [1.82, 2.24) is 5.43 Å². The largest absolute Gasteiger partial charge is 0.271 e. The number of carbonyl (C=O) groups excluding carboxylic acids is 1. The lowest BCUT2D eigenvalue weighted by Crippen LogP contribution is -2.19. The van der Waals surface area contributed by atoms with Crippen LogP contribution in [0.25, 0.3) is 0 Å². The number of hydrogen-bond acceptors (Lipinski definition) is 4. The average Bonchev–Trinajstić information content (AvgIpc) is 2.58. The van der Waals surface area contributed by atoms with E-state index in [4.69, 9.17) is 0 Å². The normalized spacial score (nSPS) is 11.9. The summed E-state index contributed by atoms with van der Waals surface area (Å²) in [6, 6.07) is 13.5. The Morgan fingerprint density at radius 1 is 1.08 bits per heavy atom. The third kappa shape index (κ3) is 4.73. The van der Waals surface area contributed by atoms with E-state index in [9.17, 15) is 14.9 Å². The topological polar surface area (TPSA) is 84.6 Å². The van der Waals surface area contributed by atoms with Gasteiger partial charge in [0.1, 0.15) is 0 Å². The van der Waals surface area contributed by atoms with Crippen molar-refractivity contribution in [3.63, 3.8) is 0 Å². The van der Waals surface area contributed by atoms with Crippen LogP contribution in [0, 0.1) is 10.1 Å². The Labute approximate surface area is 146 Å². The summed E-state index contributed by atoms with van der Waals surface area (Å²) in [7, 11) is 0. The van der Waals surface area contributed by atoms with Gasteiger partial charge in [-0.3, -0.25) is 14.9 Å². The van der Waals surface area contributed by atoms with Gasteiger partial charge in [0.15, 0.2) is 0 Å². The van der Waals surface area contributed by atoms with Crippen molar-refractivity contribution in [3.05, 3.63) is 75.3 Å². The lowest BCUT2D eigenvalue weighted by molar-refractivity contribution is -0.384. The van der Waals surface area contributed by atoms with Gasteiger partial charge in [0.2, 0.25) is 0 Å². The molecule has 1 amide bonds. The predicted octanol–water partition coefficient (Wildman–Crippen LogP) is 4.05. The molecule has 0 saturated carbocycles. The maximum Gasteiger partial charge on any atom is 0.271 e. The molecule has 0 atom stereocenters. The molecule has 2 rings (SSSR count). The second-order valence-corrected chi connectivity index (χ2v) is 6.77. The number of rotatable bonds is 4. The van der Waals surface area contributed by atoms with Gasteiger partial charge in [0.25, 0.3) is 11.6 Å². The molecule has 0 aliphatic carbocycles. The fraction of sp³-hybridized carbons (Fsp3) is 0.263. The summed E-state index contributed by atoms with van der Waals surface area (Å²) in [5.41, 5.74) is 5.32. The minimum atomic E-state index is -0.540. The minimum Gasteiger partial charge on any atom is -0.267 e. The van der Waals surface area contributed by atoms with E-state index in [-0.39, 0.29) is 16.7 Å². The molecule has 0 aliphatic heterocycles. The van der Waals surface area contributed by atoms with Crippen LogP contribution in [0.4, 0.5) is 5.69 Å². The molecule has 25 heavy (non-hydrogen) atoms. The van der Waals surface area contributed by atoms with Crippen molar-refractivity contribution in [2.75, 3.05) is 0 Å². The van der Waals surface area contributed by atoms with Crippen molar-refractivity contribution < 1.29 is 9.72 Å². The Kier molecular flexibility index (Phi) is 5.32. The lowest BCUT2D eigenvalue weighted by Gasteiger charge is -2.19. The van der Waals surface area contributed by atoms with Gasteiger partial charge in [0.05, 0.1) is 10.6 Å². The number of hydrogen-bond donors (Lipinski definition) is 1. The maximum absolute atomic E-state index is 12.1. The number of hydrazone groups is 1. The van der Waals surface area contributed by atoms with Crippen LogP contribution in [0.15, 0.2) is 53.6 Å². The molecule has 0 radical (unpaired) electrons. The van der Waals surface area contributed by atoms with Crippen molar-refractivity contribution in [2.45, 2.75) is 33.1 Å². The van der Waals surface area contributed by atoms with Crippen LogP contribution in [-0.2, 0) is 5.41 Å². The highest BCUT2D eigenvalue weighted by Gasteiger charge is 2.14. The smallest absolute Gasteiger partial charge is 0.267 e. The molecule has 2 aromatic carbocycles. The first-order chi connectivity index (χ1) is 11.7. The summed E-state index contributed by atoms with van der Waals surface area (Å²) in [4.78, 5) is 22.3. The van der Waals surface area contributed by atoms with Crippen LogP contribution < -0.4 is 5.43 Å². The van der Waals surface area contributed by atoms with E-state index in [0.29, 0.717) is 5.71 Å². The molecule has 0 fully saturated rings. The maximum atomic E-state index is 12.1. The molecular formula is C19H21N3O3. The number of nitro groups is 1. The zero-order valence-corrected chi connectivity index (χ0v) is 14.7. The number of nitrogens with zero attached hydrogens (tertiary/aromatic N) is 2. The quantitative estimate of drug-likeness (QED) is 0.518. The second-order valence-electron chi connectivity index (χ2n) is 6.77. The first kappa shape index (κ1) is 18.3. The number of nitrogens with one attached hydrogen (secondary N) is 1. The summed E-state index contributed by atoms with van der Waals surface area (Å²) < 4.78 is 0. The van der Waals surface area contributed by atoms with E-state index >= 15 is 0 Å². The van der Waals surface area contributed by atoms with Crippen LogP contribution in [0.1, 0.15) is 49.2 Å². The van der Waals surface area contributed by atoms with Gasteiger partial charge >= 0.3 is 0 Å². The van der Waals surface area contributed by atoms with Crippen molar-refractivity contribution in [2.24, 2.45) is 5.10 Å². The second kappa shape index (κ2) is 7.25. The molecule has 0 bridgehead atoms. The summed E-state index contributed by atoms with van der Waals surface area (Å²) in [6.45, 7) is 8.21. The van der Waals surface area contributed by atoms with Crippen LogP contribution in [0.5, 0.6) is 0 Å². The summed E-state index contributed by atoms with van der Waals surface area (Å²) in [6.07, 6.45) is 0. The molecule has 6 nitrogen and oxygen atoms in total. The molecule has 6 heteroatoms. The summed E-state index contributed by atoms with van der Waals surface area (Å²) in [5.74, 6) is -0.491. The molecule has 0 unspecified atom stereocenters. The standard InChI is InChI=1S/C19H21N3O3/c1-13(14-8-10-16(11-9-14)19(2,3)4)20-21-18(23)15-6-5-7-17(12-15)22(24)25/h5-12H,1-4H3,(H,21,23)/b20-13-. The number of carbonyl (C=O) groups is 1. The Balaban J connectivity index is 2.11. The average molecular weight is 339 g/mol. The van der Waals surface area contributed by atoms with Crippen molar-refractivity contribution in [1.29, 1.82) is 0 Å². The molecule has 0 saturated heterocycles. The summed E-state index contributed by atoms with van der Waals surface area (Å²) in [5, 5.41) is 14.9. The highest BCUT2D eigenvalue weighted by Crippen LogP contribution is 2.22. The molecular weight excluding hydrogens is 318 g/mol. The Bertz CT molecular complexity index is 819. The fourth-order valence-corrected chi connectivity index (χ4v) is 2.24. The van der Waals surface area contributed by atoms with Crippen molar-refractivity contribution in [3.8, 4) is 0 Å². The van der Waals surface area contributed by atoms with E-state index in [1.54, 1.807) is 6.92 Å². The van der Waals surface area contributed by atoms with E-state index in [1.807, 2.05) is 24.3 Å². The van der Waals surface area contributed by atoms with Gasteiger partial charge < -0.3 is 0 Å². The molecule has 0 spiro atoms. The van der Waals surface area contributed by atoms with E-state index in [2.05, 4.69) is 31.3 Å². The third-order valence-corrected chi connectivity index (χ3v) is 3.81. The first-order valence-corrected chi connectivity index (χ1v) is 7.88. The first-order valence-electron chi connectivity index (χ1n) is 7.88. The summed E-state index contributed by atoms with van der Waals surface area (Å²) >= 11 is 0. The SMILES string of the molecule is C/C(=N/NC(=O)c1cccc([N+](=O)[O-])c1)c1ccc(C(C)(C)C)cc1. The zero-order chi connectivity index (χ0) is 18.6. The van der Waals surface area contributed by atoms with Crippen molar-refractivity contribution >= 4 is 17.3 Å². The molecule has 0 aromatic heterocycles. The third-order valence-electron chi connectivity index (χ3n) is 3.81.